The van der Waals surface area contributed by atoms with Crippen molar-refractivity contribution in [3.63, 3.8) is 0 Å². The molecule has 108 valence electrons. The van der Waals surface area contributed by atoms with Crippen LogP contribution in [0, 0.1) is 5.92 Å². The lowest BCUT2D eigenvalue weighted by atomic mass is 9.86. The number of amides is 1. The van der Waals surface area contributed by atoms with Gasteiger partial charge in [-0.3, -0.25) is 0 Å². The fourth-order valence-electron chi connectivity index (χ4n) is 3.54. The Kier molecular flexibility index (Phi) is 3.95. The minimum Gasteiger partial charge on any atom is -0.450 e. The van der Waals surface area contributed by atoms with E-state index in [0.29, 0.717) is 18.6 Å². The lowest BCUT2D eigenvalue weighted by molar-refractivity contribution is 0.0964. The van der Waals surface area contributed by atoms with Gasteiger partial charge in [0.15, 0.2) is 0 Å². The summed E-state index contributed by atoms with van der Waals surface area (Å²) in [4.78, 5) is 14.1. The monoisotopic (exact) mass is 273 g/mol. The van der Waals surface area contributed by atoms with E-state index in [1.54, 1.807) is 0 Å². The summed E-state index contributed by atoms with van der Waals surface area (Å²) in [6.45, 7) is 3.18. The number of carbonyl (C=O) groups is 1. The summed E-state index contributed by atoms with van der Waals surface area (Å²) in [5.41, 5.74) is 1.39. The van der Waals surface area contributed by atoms with Crippen LogP contribution in [-0.2, 0) is 4.74 Å². The van der Waals surface area contributed by atoms with Crippen LogP contribution in [0.15, 0.2) is 30.3 Å². The zero-order chi connectivity index (χ0) is 13.9. The largest absolute Gasteiger partial charge is 0.450 e. The van der Waals surface area contributed by atoms with Gasteiger partial charge in [0.05, 0.1) is 6.61 Å². The van der Waals surface area contributed by atoms with Gasteiger partial charge in [-0.15, -0.1) is 0 Å². The molecule has 1 aromatic carbocycles. The number of nitrogens with zero attached hydrogens (tertiary/aromatic N) is 1. The van der Waals surface area contributed by atoms with Gasteiger partial charge >= 0.3 is 6.09 Å². The highest BCUT2D eigenvalue weighted by Crippen LogP contribution is 2.48. The van der Waals surface area contributed by atoms with Gasteiger partial charge in [0.1, 0.15) is 0 Å². The van der Waals surface area contributed by atoms with E-state index in [0.717, 1.165) is 25.3 Å². The average Bonchev–Trinajstić information content (AvgIpc) is 3.17. The number of hydrogen-bond donors (Lipinski definition) is 0. The standard InChI is InChI=1S/C17H23NO2/c1-2-20-17(19)18-12-6-9-15(18)16(14-10-11-14)13-7-4-3-5-8-13/h3-5,7-8,14-16H,2,6,9-12H2,1H3. The fraction of sp³-hybridized carbons (Fsp3) is 0.588. The van der Waals surface area contributed by atoms with E-state index in [1.807, 2.05) is 11.8 Å². The van der Waals surface area contributed by atoms with E-state index in [-0.39, 0.29) is 6.09 Å². The molecule has 1 aromatic rings. The molecule has 1 saturated heterocycles. The highest BCUT2D eigenvalue weighted by Gasteiger charge is 2.43. The Morgan fingerprint density at radius 2 is 2.05 bits per heavy atom. The van der Waals surface area contributed by atoms with Crippen molar-refractivity contribution >= 4 is 6.09 Å². The summed E-state index contributed by atoms with van der Waals surface area (Å²) in [6.07, 6.45) is 4.67. The molecule has 0 spiro atoms. The zero-order valence-electron chi connectivity index (χ0n) is 12.1. The molecule has 2 aliphatic rings. The van der Waals surface area contributed by atoms with Crippen LogP contribution in [0.1, 0.15) is 44.1 Å². The third kappa shape index (κ3) is 2.67. The van der Waals surface area contributed by atoms with Crippen LogP contribution in [0.2, 0.25) is 0 Å². The van der Waals surface area contributed by atoms with E-state index in [9.17, 15) is 4.79 Å². The molecule has 0 N–H and O–H groups in total. The first-order valence-electron chi connectivity index (χ1n) is 7.79. The van der Waals surface area contributed by atoms with Gasteiger partial charge in [0, 0.05) is 18.5 Å². The summed E-state index contributed by atoms with van der Waals surface area (Å²) in [5.74, 6) is 1.24. The van der Waals surface area contributed by atoms with Crippen LogP contribution in [-0.4, -0.2) is 30.2 Å². The summed E-state index contributed by atoms with van der Waals surface area (Å²) in [7, 11) is 0. The maximum absolute atomic E-state index is 12.1. The lowest BCUT2D eigenvalue weighted by Gasteiger charge is -2.31. The van der Waals surface area contributed by atoms with Crippen molar-refractivity contribution in [1.82, 2.24) is 4.90 Å². The molecule has 1 aliphatic heterocycles. The smallest absolute Gasteiger partial charge is 0.410 e. The summed E-state index contributed by atoms with van der Waals surface area (Å²) < 4.78 is 5.23. The first-order valence-corrected chi connectivity index (χ1v) is 7.79. The van der Waals surface area contributed by atoms with E-state index >= 15 is 0 Å². The molecule has 1 heterocycles. The zero-order valence-corrected chi connectivity index (χ0v) is 12.1. The maximum atomic E-state index is 12.1. The Labute approximate surface area is 120 Å². The molecule has 0 aromatic heterocycles. The highest BCUT2D eigenvalue weighted by atomic mass is 16.6. The van der Waals surface area contributed by atoms with Crippen molar-refractivity contribution in [2.24, 2.45) is 5.92 Å². The Hall–Kier alpha value is -1.51. The van der Waals surface area contributed by atoms with Crippen LogP contribution in [0.3, 0.4) is 0 Å². The third-order valence-corrected chi connectivity index (χ3v) is 4.53. The van der Waals surface area contributed by atoms with Gasteiger partial charge in [-0.2, -0.15) is 0 Å². The Morgan fingerprint density at radius 1 is 1.30 bits per heavy atom. The highest BCUT2D eigenvalue weighted by molar-refractivity contribution is 5.68. The predicted molar refractivity (Wildman–Crippen MR) is 78.7 cm³/mol. The van der Waals surface area contributed by atoms with Crippen molar-refractivity contribution in [2.75, 3.05) is 13.2 Å². The van der Waals surface area contributed by atoms with Crippen molar-refractivity contribution < 1.29 is 9.53 Å². The Balaban J connectivity index is 1.82. The Morgan fingerprint density at radius 3 is 2.70 bits per heavy atom. The molecule has 3 rings (SSSR count). The van der Waals surface area contributed by atoms with Crippen molar-refractivity contribution in [3.8, 4) is 0 Å². The minimum absolute atomic E-state index is 0.128. The summed E-state index contributed by atoms with van der Waals surface area (Å²) in [6, 6.07) is 11.0. The second-order valence-electron chi connectivity index (χ2n) is 5.88. The molecule has 0 radical (unpaired) electrons. The van der Waals surface area contributed by atoms with E-state index in [4.69, 9.17) is 4.74 Å². The lowest BCUT2D eigenvalue weighted by Crippen LogP contribution is -2.40. The van der Waals surface area contributed by atoms with Crippen molar-refractivity contribution in [2.45, 2.75) is 44.6 Å². The van der Waals surface area contributed by atoms with Crippen molar-refractivity contribution in [1.29, 1.82) is 0 Å². The first-order chi connectivity index (χ1) is 9.81. The van der Waals surface area contributed by atoms with Gasteiger partial charge in [0.2, 0.25) is 0 Å². The third-order valence-electron chi connectivity index (χ3n) is 4.53. The van der Waals surface area contributed by atoms with Gasteiger partial charge in [0.25, 0.3) is 0 Å². The number of rotatable bonds is 4. The first kappa shape index (κ1) is 13.5. The van der Waals surface area contributed by atoms with Crippen LogP contribution in [0.5, 0.6) is 0 Å². The number of ether oxygens (including phenoxy) is 1. The fourth-order valence-corrected chi connectivity index (χ4v) is 3.54. The van der Waals surface area contributed by atoms with E-state index in [1.165, 1.54) is 18.4 Å². The van der Waals surface area contributed by atoms with Gasteiger partial charge in [-0.25, -0.2) is 4.79 Å². The summed E-state index contributed by atoms with van der Waals surface area (Å²) >= 11 is 0. The number of likely N-dealkylation sites (tertiary alicyclic amines) is 1. The Bertz CT molecular complexity index is 455. The van der Waals surface area contributed by atoms with E-state index < -0.39 is 0 Å². The maximum Gasteiger partial charge on any atom is 0.410 e. The second kappa shape index (κ2) is 5.86. The minimum atomic E-state index is -0.128. The van der Waals surface area contributed by atoms with Crippen LogP contribution in [0.4, 0.5) is 4.79 Å². The number of carbonyl (C=O) groups excluding carboxylic acids is 1. The molecule has 0 bridgehead atoms. The molecule has 1 aliphatic carbocycles. The van der Waals surface area contributed by atoms with Gasteiger partial charge < -0.3 is 9.64 Å². The molecule has 1 amide bonds. The molecular formula is C17H23NO2. The summed E-state index contributed by atoms with van der Waals surface area (Å²) in [5, 5.41) is 0. The molecule has 2 atom stereocenters. The van der Waals surface area contributed by atoms with Crippen molar-refractivity contribution in [3.05, 3.63) is 35.9 Å². The quantitative estimate of drug-likeness (QED) is 0.835. The van der Waals surface area contributed by atoms with Gasteiger partial charge in [-0.1, -0.05) is 30.3 Å². The molecule has 3 heteroatoms. The van der Waals surface area contributed by atoms with Crippen LogP contribution >= 0.6 is 0 Å². The van der Waals surface area contributed by atoms with Gasteiger partial charge in [-0.05, 0) is 44.1 Å². The molecule has 3 nitrogen and oxygen atoms in total. The second-order valence-corrected chi connectivity index (χ2v) is 5.88. The topological polar surface area (TPSA) is 29.5 Å². The molecule has 2 fully saturated rings. The number of benzene rings is 1. The average molecular weight is 273 g/mol. The molecule has 1 saturated carbocycles. The molecule has 2 unspecified atom stereocenters. The normalized spacial score (nSPS) is 23.6. The predicted octanol–water partition coefficient (Wildman–Crippen LogP) is 3.80. The molecule has 20 heavy (non-hydrogen) atoms. The molecular weight excluding hydrogens is 250 g/mol. The van der Waals surface area contributed by atoms with Crippen LogP contribution in [0.25, 0.3) is 0 Å². The van der Waals surface area contributed by atoms with E-state index in [2.05, 4.69) is 30.3 Å². The number of hydrogen-bond acceptors (Lipinski definition) is 2. The SMILES string of the molecule is CCOC(=O)N1CCCC1C(c1ccccc1)C1CC1. The van der Waals surface area contributed by atoms with Crippen LogP contribution < -0.4 is 0 Å².